The van der Waals surface area contributed by atoms with Crippen molar-refractivity contribution in [3.63, 3.8) is 0 Å². The largest absolute Gasteiger partial charge is 0.319 e. The summed E-state index contributed by atoms with van der Waals surface area (Å²) >= 11 is 11.7. The Hall–Kier alpha value is -2.61. The lowest BCUT2D eigenvalue weighted by molar-refractivity contribution is 0.102. The van der Waals surface area contributed by atoms with Crippen LogP contribution >= 0.6 is 23.2 Å². The summed E-state index contributed by atoms with van der Waals surface area (Å²) in [6.07, 6.45) is 0. The summed E-state index contributed by atoms with van der Waals surface area (Å²) in [6, 6.07) is 14.1. The van der Waals surface area contributed by atoms with E-state index in [1.54, 1.807) is 31.2 Å². The van der Waals surface area contributed by atoms with Crippen molar-refractivity contribution < 1.29 is 17.6 Å². The second kappa shape index (κ2) is 8.41. The molecule has 2 N–H and O–H groups in total. The predicted molar refractivity (Wildman–Crippen MR) is 113 cm³/mol. The standard InChI is InChI=1S/C20H15Cl2FN2O3S/c1-12-5-6-15(22)10-19(12)25-29(27,28)16-7-8-18(17(23)11-16)24-20(26)13-3-2-4-14(21)9-13/h2-11,25H,1H3,(H,24,26). The van der Waals surface area contributed by atoms with Crippen LogP contribution in [0, 0.1) is 12.7 Å². The Kier molecular flexibility index (Phi) is 6.12. The van der Waals surface area contributed by atoms with E-state index >= 15 is 0 Å². The molecule has 0 saturated heterocycles. The van der Waals surface area contributed by atoms with E-state index in [0.29, 0.717) is 15.6 Å². The number of rotatable bonds is 5. The summed E-state index contributed by atoms with van der Waals surface area (Å²) in [4.78, 5) is 11.9. The molecule has 150 valence electrons. The summed E-state index contributed by atoms with van der Waals surface area (Å²) in [7, 11) is -4.06. The molecule has 0 fully saturated rings. The number of carbonyl (C=O) groups is 1. The Balaban J connectivity index is 1.83. The Morgan fingerprint density at radius 3 is 2.34 bits per heavy atom. The third-order valence-electron chi connectivity index (χ3n) is 4.03. The number of anilines is 2. The minimum atomic E-state index is -4.06. The lowest BCUT2D eigenvalue weighted by Crippen LogP contribution is -2.16. The third kappa shape index (κ3) is 5.06. The maximum Gasteiger partial charge on any atom is 0.262 e. The van der Waals surface area contributed by atoms with Crippen LogP contribution in [-0.4, -0.2) is 14.3 Å². The SMILES string of the molecule is Cc1ccc(Cl)cc1NS(=O)(=O)c1ccc(NC(=O)c2cccc(Cl)c2)c(F)c1. The number of amides is 1. The molecular formula is C20H15Cl2FN2O3S. The molecule has 3 aromatic carbocycles. The van der Waals surface area contributed by atoms with E-state index in [0.717, 1.165) is 6.07 Å². The van der Waals surface area contributed by atoms with Crippen LogP contribution in [-0.2, 0) is 10.0 Å². The monoisotopic (exact) mass is 452 g/mol. The zero-order chi connectivity index (χ0) is 21.2. The number of halogens is 3. The van der Waals surface area contributed by atoms with Gasteiger partial charge in [0.15, 0.2) is 0 Å². The molecule has 1 amide bonds. The van der Waals surface area contributed by atoms with Crippen LogP contribution in [0.1, 0.15) is 15.9 Å². The number of hydrogen-bond acceptors (Lipinski definition) is 3. The molecule has 0 aliphatic rings. The zero-order valence-electron chi connectivity index (χ0n) is 15.0. The number of aryl methyl sites for hydroxylation is 1. The van der Waals surface area contributed by atoms with Gasteiger partial charge in [-0.1, -0.05) is 35.3 Å². The molecule has 0 spiro atoms. The van der Waals surface area contributed by atoms with Gasteiger partial charge in [-0.15, -0.1) is 0 Å². The lowest BCUT2D eigenvalue weighted by atomic mass is 10.2. The van der Waals surface area contributed by atoms with Gasteiger partial charge in [-0.05, 0) is 61.0 Å². The summed E-state index contributed by atoms with van der Waals surface area (Å²) in [5, 5.41) is 3.12. The molecule has 0 saturated carbocycles. The predicted octanol–water partition coefficient (Wildman–Crippen LogP) is 5.49. The van der Waals surface area contributed by atoms with Crippen molar-refractivity contribution in [3.8, 4) is 0 Å². The quantitative estimate of drug-likeness (QED) is 0.536. The topological polar surface area (TPSA) is 75.3 Å². The first-order chi connectivity index (χ1) is 13.7. The van der Waals surface area contributed by atoms with Crippen molar-refractivity contribution in [2.45, 2.75) is 11.8 Å². The molecule has 3 rings (SSSR count). The average Bonchev–Trinajstić information content (AvgIpc) is 2.66. The fourth-order valence-electron chi connectivity index (χ4n) is 2.50. The normalized spacial score (nSPS) is 11.2. The Bertz CT molecular complexity index is 1200. The molecule has 0 unspecified atom stereocenters. The highest BCUT2D eigenvalue weighted by Crippen LogP contribution is 2.25. The van der Waals surface area contributed by atoms with Gasteiger partial charge in [-0.3, -0.25) is 9.52 Å². The highest BCUT2D eigenvalue weighted by atomic mass is 35.5. The highest BCUT2D eigenvalue weighted by Gasteiger charge is 2.19. The van der Waals surface area contributed by atoms with Gasteiger partial charge in [0.1, 0.15) is 5.82 Å². The van der Waals surface area contributed by atoms with E-state index in [2.05, 4.69) is 10.0 Å². The van der Waals surface area contributed by atoms with Crippen molar-refractivity contribution in [2.75, 3.05) is 10.0 Å². The molecule has 0 aliphatic heterocycles. The van der Waals surface area contributed by atoms with E-state index in [9.17, 15) is 17.6 Å². The van der Waals surface area contributed by atoms with Gasteiger partial charge in [-0.25, -0.2) is 12.8 Å². The van der Waals surface area contributed by atoms with Crippen LogP contribution in [0.5, 0.6) is 0 Å². The highest BCUT2D eigenvalue weighted by molar-refractivity contribution is 7.92. The van der Waals surface area contributed by atoms with E-state index < -0.39 is 21.7 Å². The number of hydrogen-bond donors (Lipinski definition) is 2. The lowest BCUT2D eigenvalue weighted by Gasteiger charge is -2.12. The molecule has 0 aromatic heterocycles. The Labute approximate surface area is 177 Å². The maximum atomic E-state index is 14.5. The van der Waals surface area contributed by atoms with Gasteiger partial charge in [0.2, 0.25) is 0 Å². The van der Waals surface area contributed by atoms with Gasteiger partial charge in [0.05, 0.1) is 16.3 Å². The van der Waals surface area contributed by atoms with Gasteiger partial charge in [0.25, 0.3) is 15.9 Å². The Morgan fingerprint density at radius 1 is 0.931 bits per heavy atom. The van der Waals surface area contributed by atoms with E-state index in [4.69, 9.17) is 23.2 Å². The number of sulfonamides is 1. The first kappa shape index (κ1) is 21.1. The molecular weight excluding hydrogens is 438 g/mol. The molecule has 0 aliphatic carbocycles. The first-order valence-electron chi connectivity index (χ1n) is 8.31. The van der Waals surface area contributed by atoms with E-state index in [1.807, 2.05) is 0 Å². The van der Waals surface area contributed by atoms with Crippen molar-refractivity contribution in [1.29, 1.82) is 0 Å². The summed E-state index contributed by atoms with van der Waals surface area (Å²) in [6.45, 7) is 1.71. The molecule has 0 radical (unpaired) electrons. The second-order valence-electron chi connectivity index (χ2n) is 6.17. The van der Waals surface area contributed by atoms with Crippen LogP contribution in [0.15, 0.2) is 65.6 Å². The van der Waals surface area contributed by atoms with Gasteiger partial charge < -0.3 is 5.32 Å². The molecule has 0 heterocycles. The number of nitrogens with one attached hydrogen (secondary N) is 2. The second-order valence-corrected chi connectivity index (χ2v) is 8.73. The minimum absolute atomic E-state index is 0.159. The summed E-state index contributed by atoms with van der Waals surface area (Å²) < 4.78 is 42.0. The smallest absolute Gasteiger partial charge is 0.262 e. The van der Waals surface area contributed by atoms with Gasteiger partial charge >= 0.3 is 0 Å². The summed E-state index contributed by atoms with van der Waals surface area (Å²) in [5.41, 5.74) is 1.03. The van der Waals surface area contributed by atoms with Crippen LogP contribution in [0.25, 0.3) is 0 Å². The molecule has 9 heteroatoms. The first-order valence-corrected chi connectivity index (χ1v) is 10.5. The number of carbonyl (C=O) groups excluding carboxylic acids is 1. The number of benzene rings is 3. The fourth-order valence-corrected chi connectivity index (χ4v) is 3.99. The Morgan fingerprint density at radius 2 is 1.66 bits per heavy atom. The molecule has 3 aromatic rings. The maximum absolute atomic E-state index is 14.5. The molecule has 29 heavy (non-hydrogen) atoms. The van der Waals surface area contributed by atoms with Crippen LogP contribution in [0.3, 0.4) is 0 Å². The van der Waals surface area contributed by atoms with Gasteiger partial charge in [0, 0.05) is 15.6 Å². The minimum Gasteiger partial charge on any atom is -0.319 e. The average molecular weight is 453 g/mol. The van der Waals surface area contributed by atoms with Crippen LogP contribution in [0.4, 0.5) is 15.8 Å². The van der Waals surface area contributed by atoms with Crippen molar-refractivity contribution in [1.82, 2.24) is 0 Å². The molecule has 5 nitrogen and oxygen atoms in total. The molecule has 0 bridgehead atoms. The van der Waals surface area contributed by atoms with E-state index in [-0.39, 0.29) is 21.8 Å². The van der Waals surface area contributed by atoms with Crippen LogP contribution < -0.4 is 10.0 Å². The van der Waals surface area contributed by atoms with Crippen molar-refractivity contribution >= 4 is 50.5 Å². The zero-order valence-corrected chi connectivity index (χ0v) is 17.4. The molecule has 0 atom stereocenters. The third-order valence-corrected chi connectivity index (χ3v) is 5.86. The summed E-state index contributed by atoms with van der Waals surface area (Å²) in [5.74, 6) is -1.47. The van der Waals surface area contributed by atoms with Crippen molar-refractivity contribution in [3.05, 3.63) is 87.7 Å². The fraction of sp³-hybridized carbons (Fsp3) is 0.0500. The van der Waals surface area contributed by atoms with Crippen LogP contribution in [0.2, 0.25) is 10.0 Å². The van der Waals surface area contributed by atoms with E-state index in [1.165, 1.54) is 30.3 Å². The van der Waals surface area contributed by atoms with Crippen molar-refractivity contribution in [2.24, 2.45) is 0 Å². The van der Waals surface area contributed by atoms with Gasteiger partial charge in [-0.2, -0.15) is 0 Å².